The Morgan fingerprint density at radius 2 is 2.06 bits per heavy atom. The lowest BCUT2D eigenvalue weighted by atomic mass is 10.1. The number of nitrogens with zero attached hydrogens (tertiary/aromatic N) is 1. The van der Waals surface area contributed by atoms with E-state index in [-0.39, 0.29) is 5.91 Å². The first-order valence-electron chi connectivity index (χ1n) is 6.18. The zero-order valence-electron chi connectivity index (χ0n) is 11.0. The highest BCUT2D eigenvalue weighted by molar-refractivity contribution is 6.18. The minimum absolute atomic E-state index is 0.0991. The number of methoxy groups -OCH3 is 1. The number of alkyl halides is 1. The number of rotatable bonds is 7. The number of hydrogen-bond donors (Lipinski definition) is 0. The fraction of sp³-hybridized carbons (Fsp3) is 0.500. The average Bonchev–Trinajstić information content (AvgIpc) is 2.39. The van der Waals surface area contributed by atoms with Gasteiger partial charge >= 0.3 is 0 Å². The molecule has 18 heavy (non-hydrogen) atoms. The molecule has 0 aliphatic heterocycles. The highest BCUT2D eigenvalue weighted by atomic mass is 35.5. The van der Waals surface area contributed by atoms with Gasteiger partial charge in [-0.1, -0.05) is 25.1 Å². The molecule has 0 spiro atoms. The van der Waals surface area contributed by atoms with Gasteiger partial charge in [0.05, 0.1) is 13.5 Å². The van der Waals surface area contributed by atoms with Gasteiger partial charge in [-0.25, -0.2) is 0 Å². The summed E-state index contributed by atoms with van der Waals surface area (Å²) >= 11 is 5.72. The van der Waals surface area contributed by atoms with Crippen LogP contribution in [0, 0.1) is 0 Å². The van der Waals surface area contributed by atoms with Crippen molar-refractivity contribution in [2.24, 2.45) is 0 Å². The summed E-state index contributed by atoms with van der Waals surface area (Å²) in [5.74, 6) is 1.33. The maximum absolute atomic E-state index is 12.2. The van der Waals surface area contributed by atoms with Gasteiger partial charge in [-0.2, -0.15) is 0 Å². The van der Waals surface area contributed by atoms with Crippen LogP contribution in [0.25, 0.3) is 0 Å². The highest BCUT2D eigenvalue weighted by Crippen LogP contribution is 2.18. The van der Waals surface area contributed by atoms with E-state index in [4.69, 9.17) is 16.3 Å². The van der Waals surface area contributed by atoms with E-state index in [1.54, 1.807) is 12.0 Å². The third-order valence-corrected chi connectivity index (χ3v) is 2.90. The topological polar surface area (TPSA) is 29.5 Å². The molecule has 0 fully saturated rings. The molecule has 0 aromatic heterocycles. The van der Waals surface area contributed by atoms with Gasteiger partial charge in [-0.3, -0.25) is 4.79 Å². The molecule has 0 N–H and O–H groups in total. The standard InChI is InChI=1S/C14H20ClNO2/c1-3-9-16(10-8-15)14(17)11-12-6-4-5-7-13(12)18-2/h4-7H,3,8-11H2,1-2H3. The molecule has 0 saturated heterocycles. The third kappa shape index (κ3) is 4.22. The van der Waals surface area contributed by atoms with Gasteiger partial charge < -0.3 is 9.64 Å². The first-order valence-corrected chi connectivity index (χ1v) is 6.72. The Labute approximate surface area is 114 Å². The zero-order chi connectivity index (χ0) is 13.4. The van der Waals surface area contributed by atoms with E-state index in [1.807, 2.05) is 24.3 Å². The first kappa shape index (κ1) is 14.8. The van der Waals surface area contributed by atoms with Gasteiger partial charge in [0.15, 0.2) is 0 Å². The second-order valence-electron chi connectivity index (χ2n) is 4.06. The predicted octanol–water partition coefficient (Wildman–Crippen LogP) is 2.72. The lowest BCUT2D eigenvalue weighted by Gasteiger charge is -2.21. The normalized spacial score (nSPS) is 10.2. The molecular formula is C14H20ClNO2. The Morgan fingerprint density at radius 1 is 1.33 bits per heavy atom. The Morgan fingerprint density at radius 3 is 2.67 bits per heavy atom. The molecule has 0 heterocycles. The molecule has 3 nitrogen and oxygen atoms in total. The summed E-state index contributed by atoms with van der Waals surface area (Å²) in [6.45, 7) is 3.40. The molecule has 0 radical (unpaired) electrons. The van der Waals surface area contributed by atoms with Crippen molar-refractivity contribution < 1.29 is 9.53 Å². The smallest absolute Gasteiger partial charge is 0.227 e. The summed E-state index contributed by atoms with van der Waals surface area (Å²) in [6.07, 6.45) is 1.30. The van der Waals surface area contributed by atoms with Gasteiger partial charge in [-0.15, -0.1) is 11.6 Å². The molecule has 0 aliphatic rings. The van der Waals surface area contributed by atoms with Gasteiger partial charge in [0.25, 0.3) is 0 Å². The van der Waals surface area contributed by atoms with Crippen LogP contribution in [0.15, 0.2) is 24.3 Å². The molecule has 0 aliphatic carbocycles. The van der Waals surface area contributed by atoms with Crippen LogP contribution in [0.1, 0.15) is 18.9 Å². The van der Waals surface area contributed by atoms with E-state index < -0.39 is 0 Å². The minimum Gasteiger partial charge on any atom is -0.496 e. The largest absolute Gasteiger partial charge is 0.496 e. The Bertz CT molecular complexity index is 376. The van der Waals surface area contributed by atoms with E-state index in [9.17, 15) is 4.79 Å². The summed E-state index contributed by atoms with van der Waals surface area (Å²) in [7, 11) is 1.62. The van der Waals surface area contributed by atoms with E-state index in [0.29, 0.717) is 18.8 Å². The third-order valence-electron chi connectivity index (χ3n) is 2.73. The fourth-order valence-corrected chi connectivity index (χ4v) is 2.06. The van der Waals surface area contributed by atoms with Crippen molar-refractivity contribution >= 4 is 17.5 Å². The molecule has 1 amide bonds. The first-order chi connectivity index (χ1) is 8.72. The van der Waals surface area contributed by atoms with Crippen LogP contribution < -0.4 is 4.74 Å². The van der Waals surface area contributed by atoms with Crippen LogP contribution in [0.4, 0.5) is 0 Å². The van der Waals surface area contributed by atoms with E-state index >= 15 is 0 Å². The fourth-order valence-electron chi connectivity index (χ4n) is 1.86. The monoisotopic (exact) mass is 269 g/mol. The van der Waals surface area contributed by atoms with Crippen LogP contribution in [-0.4, -0.2) is 36.9 Å². The summed E-state index contributed by atoms with van der Waals surface area (Å²) in [5.41, 5.74) is 0.917. The number of hydrogen-bond acceptors (Lipinski definition) is 2. The maximum Gasteiger partial charge on any atom is 0.227 e. The number of para-hydroxylation sites is 1. The van der Waals surface area contributed by atoms with Crippen LogP contribution in [-0.2, 0) is 11.2 Å². The van der Waals surface area contributed by atoms with Crippen molar-refractivity contribution in [1.29, 1.82) is 0 Å². The molecule has 4 heteroatoms. The Hall–Kier alpha value is -1.22. The van der Waals surface area contributed by atoms with Crippen molar-refractivity contribution in [3.63, 3.8) is 0 Å². The molecule has 100 valence electrons. The van der Waals surface area contributed by atoms with Gasteiger partial charge in [-0.05, 0) is 12.5 Å². The van der Waals surface area contributed by atoms with Crippen molar-refractivity contribution in [2.75, 3.05) is 26.1 Å². The van der Waals surface area contributed by atoms with Crippen LogP contribution in [0.5, 0.6) is 5.75 Å². The quantitative estimate of drug-likeness (QED) is 0.713. The summed E-state index contributed by atoms with van der Waals surface area (Å²) in [6, 6.07) is 7.60. The molecule has 0 atom stereocenters. The van der Waals surface area contributed by atoms with Crippen molar-refractivity contribution in [3.05, 3.63) is 29.8 Å². The molecule has 0 bridgehead atoms. The van der Waals surface area contributed by atoms with E-state index in [2.05, 4.69) is 6.92 Å². The van der Waals surface area contributed by atoms with Crippen LogP contribution in [0.3, 0.4) is 0 Å². The summed E-state index contributed by atoms with van der Waals surface area (Å²) < 4.78 is 5.25. The number of benzene rings is 1. The van der Waals surface area contributed by atoms with Gasteiger partial charge in [0, 0.05) is 24.5 Å². The summed E-state index contributed by atoms with van der Waals surface area (Å²) in [5, 5.41) is 0. The van der Waals surface area contributed by atoms with E-state index in [1.165, 1.54) is 0 Å². The minimum atomic E-state index is 0.0991. The number of amides is 1. The van der Waals surface area contributed by atoms with Crippen molar-refractivity contribution in [1.82, 2.24) is 4.90 Å². The molecule has 1 aromatic carbocycles. The van der Waals surface area contributed by atoms with Gasteiger partial charge in [0.2, 0.25) is 5.91 Å². The van der Waals surface area contributed by atoms with Gasteiger partial charge in [0.1, 0.15) is 5.75 Å². The SMILES string of the molecule is CCCN(CCCl)C(=O)Cc1ccccc1OC. The number of carbonyl (C=O) groups is 1. The number of carbonyl (C=O) groups excluding carboxylic acids is 1. The second kappa shape index (κ2) is 7.98. The number of halogens is 1. The summed E-state index contributed by atoms with van der Waals surface area (Å²) in [4.78, 5) is 14.0. The Kier molecular flexibility index (Phi) is 6.58. The zero-order valence-corrected chi connectivity index (χ0v) is 11.7. The van der Waals surface area contributed by atoms with Crippen molar-refractivity contribution in [2.45, 2.75) is 19.8 Å². The molecule has 0 unspecified atom stereocenters. The lowest BCUT2D eigenvalue weighted by Crippen LogP contribution is -2.34. The predicted molar refractivity (Wildman–Crippen MR) is 74.3 cm³/mol. The maximum atomic E-state index is 12.2. The highest BCUT2D eigenvalue weighted by Gasteiger charge is 2.14. The molecule has 1 aromatic rings. The van der Waals surface area contributed by atoms with E-state index in [0.717, 1.165) is 24.3 Å². The van der Waals surface area contributed by atoms with Crippen LogP contribution >= 0.6 is 11.6 Å². The average molecular weight is 270 g/mol. The molecular weight excluding hydrogens is 250 g/mol. The van der Waals surface area contributed by atoms with Crippen LogP contribution in [0.2, 0.25) is 0 Å². The second-order valence-corrected chi connectivity index (χ2v) is 4.44. The molecule has 1 rings (SSSR count). The number of ether oxygens (including phenoxy) is 1. The Balaban J connectivity index is 2.72. The van der Waals surface area contributed by atoms with Crippen molar-refractivity contribution in [3.8, 4) is 5.75 Å². The molecule has 0 saturated carbocycles. The lowest BCUT2D eigenvalue weighted by molar-refractivity contribution is -0.130.